The van der Waals surface area contributed by atoms with Crippen molar-refractivity contribution >= 4 is 30.8 Å². The second-order valence-corrected chi connectivity index (χ2v) is 18.8. The molecule has 2 aliphatic heterocycles. The monoisotopic (exact) mass is 738 g/mol. The molecule has 0 spiro atoms. The summed E-state index contributed by atoms with van der Waals surface area (Å²) in [5.74, 6) is 0.0563. The van der Waals surface area contributed by atoms with Crippen molar-refractivity contribution < 1.29 is 54.1 Å². The number of carbonyl (C=O) groups is 2. The Morgan fingerprint density at radius 1 is 0.942 bits per heavy atom. The molecule has 1 fully saturated rings. The van der Waals surface area contributed by atoms with Crippen LogP contribution in [0.4, 0.5) is 5.69 Å². The number of hydrogen-bond acceptors (Lipinski definition) is 11. The van der Waals surface area contributed by atoms with Gasteiger partial charge in [0.15, 0.2) is 12.4 Å². The minimum atomic E-state index is -2.54. The second kappa shape index (κ2) is 16.9. The third-order valence-electron chi connectivity index (χ3n) is 10.4. The second-order valence-electron chi connectivity index (χ2n) is 14.0. The Kier molecular flexibility index (Phi) is 12.8. The average Bonchev–Trinajstić information content (AvgIpc) is 3.14. The summed E-state index contributed by atoms with van der Waals surface area (Å²) in [6.45, 7) is 6.83. The first-order valence-electron chi connectivity index (χ1n) is 17.4. The smallest absolute Gasteiger partial charge is 0.256 e. The molecule has 0 saturated carbocycles. The summed E-state index contributed by atoms with van der Waals surface area (Å²) in [6.07, 6.45) is -9.62. The molecule has 14 heteroatoms. The van der Waals surface area contributed by atoms with Crippen LogP contribution in [0, 0.1) is 5.92 Å². The summed E-state index contributed by atoms with van der Waals surface area (Å²) in [7, 11) is 0.673. The fourth-order valence-electron chi connectivity index (χ4n) is 7.30. The Labute approximate surface area is 304 Å². The summed E-state index contributed by atoms with van der Waals surface area (Å²) in [4.78, 5) is 29.0. The first kappa shape index (κ1) is 39.3. The zero-order valence-corrected chi connectivity index (χ0v) is 31.1. The van der Waals surface area contributed by atoms with Gasteiger partial charge in [-0.3, -0.25) is 9.59 Å². The number of amides is 2. The largest absolute Gasteiger partial charge is 0.497 e. The molecule has 3 aromatic rings. The maximum absolute atomic E-state index is 14.2. The van der Waals surface area contributed by atoms with Crippen LogP contribution in [0.15, 0.2) is 72.8 Å². The Morgan fingerprint density at radius 2 is 1.63 bits per heavy atom. The molecule has 2 aliphatic rings. The molecule has 0 aliphatic carbocycles. The molecule has 5 rings (SSSR count). The lowest BCUT2D eigenvalue weighted by molar-refractivity contribution is -0.274. The van der Waals surface area contributed by atoms with Gasteiger partial charge in [-0.15, -0.1) is 0 Å². The number of hydrogen-bond donors (Lipinski definition) is 6. The topological polar surface area (TPSA) is 187 Å². The van der Waals surface area contributed by atoms with Crippen molar-refractivity contribution in [3.63, 3.8) is 0 Å². The van der Waals surface area contributed by atoms with Gasteiger partial charge in [0.25, 0.3) is 5.91 Å². The maximum Gasteiger partial charge on any atom is 0.256 e. The molecular weight excluding hydrogens is 689 g/mol. The third-order valence-corrected chi connectivity index (χ3v) is 14.6. The van der Waals surface area contributed by atoms with Gasteiger partial charge in [-0.05, 0) is 35.9 Å². The Morgan fingerprint density at radius 3 is 2.27 bits per heavy atom. The lowest BCUT2D eigenvalue weighted by Crippen LogP contribution is -2.60. The van der Waals surface area contributed by atoms with E-state index in [0.29, 0.717) is 23.5 Å². The van der Waals surface area contributed by atoms with E-state index in [-0.39, 0.29) is 36.9 Å². The molecule has 13 nitrogen and oxygen atoms in total. The maximum atomic E-state index is 14.2. The number of nitrogens with one attached hydrogen (secondary N) is 1. The molecule has 2 heterocycles. The standard InChI is InChI=1S/C38H50N2O11Si/c1-22-34(49-3)27-19-24(39-37(46)36-32(44)31(43)33(45)38(47)51-36)11-16-28(27)50-35(22)29(52(4,5)26-14-12-25(48-2)13-15-26)20-30(42)40(17-18-41)21-23-9-7-6-8-10-23/h6-16,19,22,29,31-36,38,41,43-45,47H,17-18,20-21H2,1-5H3,(H,39,46)/t22-,29?,31-,32-,33+,34-,35-,36-,38+/m0/s1. The SMILES string of the molecule is COc1ccc([Si](C)(C)C(CC(=O)N(CCO)Cc2ccccc2)[C@H]2Oc3ccc(NC(=O)[C@H]4O[C@@H](O)[C@H](O)[C@@H](O)[C@@H]4O)cc3[C@@H](OC)[C@@H]2C)cc1. The van der Waals surface area contributed by atoms with E-state index in [1.54, 1.807) is 37.3 Å². The highest BCUT2D eigenvalue weighted by atomic mass is 28.3. The quantitative estimate of drug-likeness (QED) is 0.141. The van der Waals surface area contributed by atoms with E-state index in [1.165, 1.54) is 0 Å². The summed E-state index contributed by atoms with van der Waals surface area (Å²) in [5, 5.41) is 53.8. The van der Waals surface area contributed by atoms with Crippen LogP contribution in [-0.2, 0) is 25.6 Å². The number of nitrogens with zero attached hydrogens (tertiary/aromatic N) is 1. The van der Waals surface area contributed by atoms with Gasteiger partial charge in [0.05, 0.1) is 27.9 Å². The van der Waals surface area contributed by atoms with E-state index in [2.05, 4.69) is 18.4 Å². The molecule has 282 valence electrons. The van der Waals surface area contributed by atoms with Crippen molar-refractivity contribution in [1.82, 2.24) is 4.90 Å². The Balaban J connectivity index is 1.45. The van der Waals surface area contributed by atoms with Crippen LogP contribution in [0.3, 0.4) is 0 Å². The van der Waals surface area contributed by atoms with Crippen LogP contribution in [0.1, 0.15) is 30.6 Å². The molecular formula is C38H50N2O11Si. The van der Waals surface area contributed by atoms with E-state index in [9.17, 15) is 35.1 Å². The summed E-state index contributed by atoms with van der Waals surface area (Å²) in [6, 6.07) is 22.6. The minimum Gasteiger partial charge on any atom is -0.497 e. The van der Waals surface area contributed by atoms with Crippen LogP contribution >= 0.6 is 0 Å². The lowest BCUT2D eigenvalue weighted by Gasteiger charge is -2.46. The van der Waals surface area contributed by atoms with Gasteiger partial charge in [-0.1, -0.05) is 67.7 Å². The highest BCUT2D eigenvalue weighted by Gasteiger charge is 2.49. The summed E-state index contributed by atoms with van der Waals surface area (Å²) >= 11 is 0. The van der Waals surface area contributed by atoms with Crippen molar-refractivity contribution in [2.24, 2.45) is 5.92 Å². The Hall–Kier alpha value is -3.86. The zero-order chi connectivity index (χ0) is 37.7. The predicted molar refractivity (Wildman–Crippen MR) is 195 cm³/mol. The average molecular weight is 739 g/mol. The van der Waals surface area contributed by atoms with Crippen molar-refractivity contribution in [1.29, 1.82) is 0 Å². The molecule has 6 N–H and O–H groups in total. The fourth-order valence-corrected chi connectivity index (χ4v) is 10.6. The van der Waals surface area contributed by atoms with Crippen LogP contribution in [0.2, 0.25) is 18.6 Å². The third kappa shape index (κ3) is 8.34. The van der Waals surface area contributed by atoms with E-state index < -0.39 is 56.9 Å². The normalized spacial score (nSPS) is 26.4. The van der Waals surface area contributed by atoms with E-state index in [4.69, 9.17) is 18.9 Å². The van der Waals surface area contributed by atoms with Gasteiger partial charge in [0, 0.05) is 49.3 Å². The number of methoxy groups -OCH3 is 2. The highest BCUT2D eigenvalue weighted by molar-refractivity contribution is 6.91. The number of rotatable bonds is 13. The van der Waals surface area contributed by atoms with Crippen molar-refractivity contribution in [3.8, 4) is 11.5 Å². The van der Waals surface area contributed by atoms with E-state index in [1.807, 2.05) is 61.5 Å². The number of benzene rings is 3. The van der Waals surface area contributed by atoms with Gasteiger partial charge in [0.1, 0.15) is 35.9 Å². The molecule has 9 atom stereocenters. The molecule has 1 unspecified atom stereocenters. The number of ether oxygens (including phenoxy) is 4. The molecule has 1 saturated heterocycles. The van der Waals surface area contributed by atoms with Crippen molar-refractivity contribution in [2.45, 2.75) is 81.4 Å². The van der Waals surface area contributed by atoms with Crippen LogP contribution < -0.4 is 20.0 Å². The first-order chi connectivity index (χ1) is 24.8. The number of fused-ring (bicyclic) bond motifs is 1. The molecule has 3 aromatic carbocycles. The number of aliphatic hydroxyl groups is 5. The summed E-state index contributed by atoms with van der Waals surface area (Å²) < 4.78 is 23.4. The van der Waals surface area contributed by atoms with E-state index in [0.717, 1.165) is 16.5 Å². The van der Waals surface area contributed by atoms with Crippen molar-refractivity contribution in [2.75, 3.05) is 32.7 Å². The van der Waals surface area contributed by atoms with Crippen LogP contribution in [0.5, 0.6) is 11.5 Å². The number of anilines is 1. The predicted octanol–water partition coefficient (Wildman–Crippen LogP) is 1.92. The number of aliphatic hydroxyl groups excluding tert-OH is 5. The first-order valence-corrected chi connectivity index (χ1v) is 20.5. The van der Waals surface area contributed by atoms with Crippen molar-refractivity contribution in [3.05, 3.63) is 83.9 Å². The Bertz CT molecular complexity index is 1660. The molecule has 0 bridgehead atoms. The lowest BCUT2D eigenvalue weighted by atomic mass is 9.86. The van der Waals surface area contributed by atoms with Gasteiger partial charge >= 0.3 is 0 Å². The fraction of sp³-hybridized carbons (Fsp3) is 0.474. The minimum absolute atomic E-state index is 0.0968. The van der Waals surface area contributed by atoms with Crippen LogP contribution in [-0.4, -0.2) is 115 Å². The van der Waals surface area contributed by atoms with Gasteiger partial charge in [0.2, 0.25) is 5.91 Å². The molecule has 2 amide bonds. The van der Waals surface area contributed by atoms with Gasteiger partial charge in [-0.2, -0.15) is 0 Å². The molecule has 0 aromatic heterocycles. The van der Waals surface area contributed by atoms with E-state index >= 15 is 0 Å². The number of carbonyl (C=O) groups excluding carboxylic acids is 2. The molecule has 0 radical (unpaired) electrons. The zero-order valence-electron chi connectivity index (χ0n) is 30.1. The van der Waals surface area contributed by atoms with Gasteiger partial charge < -0.3 is 54.7 Å². The summed E-state index contributed by atoms with van der Waals surface area (Å²) in [5.41, 5.74) is 1.69. The highest BCUT2D eigenvalue weighted by Crippen LogP contribution is 2.48. The van der Waals surface area contributed by atoms with Crippen LogP contribution in [0.25, 0.3) is 0 Å². The molecule has 52 heavy (non-hydrogen) atoms. The van der Waals surface area contributed by atoms with Gasteiger partial charge in [-0.25, -0.2) is 0 Å².